The third-order valence-corrected chi connectivity index (χ3v) is 5.26. The van der Waals surface area contributed by atoms with Crippen molar-refractivity contribution >= 4 is 5.96 Å². The Labute approximate surface area is 147 Å². The van der Waals surface area contributed by atoms with Crippen molar-refractivity contribution in [3.63, 3.8) is 0 Å². The number of nitrogens with zero attached hydrogens (tertiary/aromatic N) is 2. The van der Waals surface area contributed by atoms with Crippen LogP contribution in [0, 0.1) is 19.3 Å². The van der Waals surface area contributed by atoms with Crippen LogP contribution < -0.4 is 5.73 Å². The summed E-state index contributed by atoms with van der Waals surface area (Å²) in [6.45, 7) is 4.02. The van der Waals surface area contributed by atoms with E-state index in [0.717, 1.165) is 29.8 Å². The Morgan fingerprint density at radius 3 is 2.00 bits per heavy atom. The number of aromatic nitrogens is 2. The van der Waals surface area contributed by atoms with Crippen LogP contribution in [0.4, 0.5) is 0 Å². The third-order valence-electron chi connectivity index (χ3n) is 5.26. The first-order valence-corrected chi connectivity index (χ1v) is 8.64. The Morgan fingerprint density at radius 2 is 1.52 bits per heavy atom. The van der Waals surface area contributed by atoms with E-state index >= 15 is 0 Å². The van der Waals surface area contributed by atoms with Crippen LogP contribution in [0.15, 0.2) is 48.5 Å². The molecule has 4 heteroatoms. The molecule has 0 saturated heterocycles. The molecule has 0 unspecified atom stereocenters. The minimum absolute atomic E-state index is 0.0398. The summed E-state index contributed by atoms with van der Waals surface area (Å²) < 4.78 is 1.54. The second kappa shape index (κ2) is 5.88. The zero-order valence-electron chi connectivity index (χ0n) is 14.6. The van der Waals surface area contributed by atoms with Crippen molar-refractivity contribution in [2.45, 2.75) is 32.6 Å². The lowest BCUT2D eigenvalue weighted by Crippen LogP contribution is -2.23. The van der Waals surface area contributed by atoms with Crippen LogP contribution in [0.5, 0.6) is 0 Å². The molecule has 4 rings (SSSR count). The molecule has 1 aliphatic rings. The Kier molecular flexibility index (Phi) is 3.68. The van der Waals surface area contributed by atoms with Gasteiger partial charge in [0, 0.05) is 17.2 Å². The van der Waals surface area contributed by atoms with Gasteiger partial charge in [0.25, 0.3) is 0 Å². The zero-order chi connectivity index (χ0) is 17.6. The number of nitrogen functional groups attached to an aromatic ring is 1. The highest BCUT2D eigenvalue weighted by Gasteiger charge is 2.29. The number of nitrogens with one attached hydrogen (secondary N) is 1. The topological polar surface area (TPSA) is 67.7 Å². The summed E-state index contributed by atoms with van der Waals surface area (Å²) in [6.07, 6.45) is 2.09. The number of benzene rings is 2. The van der Waals surface area contributed by atoms with Crippen molar-refractivity contribution in [2.75, 3.05) is 0 Å². The molecule has 25 heavy (non-hydrogen) atoms. The van der Waals surface area contributed by atoms with E-state index in [9.17, 15) is 0 Å². The SMILES string of the molecule is Cc1nn(C(=N)N)c(C)c1C1c2ccccc2CCc2ccccc21. The molecule has 1 aromatic heterocycles. The highest BCUT2D eigenvalue weighted by molar-refractivity contribution is 5.77. The van der Waals surface area contributed by atoms with E-state index in [2.05, 4.69) is 53.6 Å². The average Bonchev–Trinajstić information content (AvgIpc) is 2.81. The van der Waals surface area contributed by atoms with Gasteiger partial charge in [0.2, 0.25) is 5.96 Å². The summed E-state index contributed by atoms with van der Waals surface area (Å²) in [7, 11) is 0. The molecule has 0 radical (unpaired) electrons. The highest BCUT2D eigenvalue weighted by atomic mass is 15.3. The number of hydrogen-bond donors (Lipinski definition) is 2. The standard InChI is InChI=1S/C21H22N4/c1-13-19(14(2)25(24-13)21(22)23)20-17-9-5-3-7-15(17)11-12-16-8-4-6-10-18(16)20/h3-10,20H,11-12H2,1-2H3,(H3,22,23). The van der Waals surface area contributed by atoms with Gasteiger partial charge in [-0.1, -0.05) is 48.5 Å². The van der Waals surface area contributed by atoms with Crippen LogP contribution >= 0.6 is 0 Å². The van der Waals surface area contributed by atoms with E-state index in [1.54, 1.807) is 4.68 Å². The van der Waals surface area contributed by atoms with E-state index in [1.165, 1.54) is 22.3 Å². The molecule has 0 spiro atoms. The second-order valence-electron chi connectivity index (χ2n) is 6.71. The first kappa shape index (κ1) is 15.6. The molecule has 0 saturated carbocycles. The van der Waals surface area contributed by atoms with Crippen LogP contribution in [0.1, 0.15) is 45.1 Å². The van der Waals surface area contributed by atoms with Crippen LogP contribution in [0.3, 0.4) is 0 Å². The normalized spacial score (nSPS) is 13.8. The predicted molar refractivity (Wildman–Crippen MR) is 100 cm³/mol. The first-order valence-electron chi connectivity index (χ1n) is 8.64. The highest BCUT2D eigenvalue weighted by Crippen LogP contribution is 2.41. The summed E-state index contributed by atoms with van der Waals surface area (Å²) in [5, 5.41) is 12.3. The molecule has 126 valence electrons. The van der Waals surface area contributed by atoms with Crippen molar-refractivity contribution in [2.24, 2.45) is 5.73 Å². The summed E-state index contributed by atoms with van der Waals surface area (Å²) in [6, 6.07) is 17.4. The first-order chi connectivity index (χ1) is 12.1. The van der Waals surface area contributed by atoms with E-state index in [1.807, 2.05) is 13.8 Å². The van der Waals surface area contributed by atoms with Gasteiger partial charge in [-0.25, -0.2) is 4.68 Å². The summed E-state index contributed by atoms with van der Waals surface area (Å²) in [4.78, 5) is 0. The summed E-state index contributed by atoms with van der Waals surface area (Å²) >= 11 is 0. The minimum Gasteiger partial charge on any atom is -0.368 e. The summed E-state index contributed by atoms with van der Waals surface area (Å²) in [5.41, 5.74) is 14.2. The molecule has 3 aromatic rings. The van der Waals surface area contributed by atoms with Crippen LogP contribution in [0.25, 0.3) is 0 Å². The smallest absolute Gasteiger partial charge is 0.213 e. The van der Waals surface area contributed by atoms with Crippen LogP contribution in [-0.2, 0) is 12.8 Å². The lowest BCUT2D eigenvalue weighted by molar-refractivity contribution is 0.860. The van der Waals surface area contributed by atoms with Crippen molar-refractivity contribution in [1.82, 2.24) is 9.78 Å². The lowest BCUT2D eigenvalue weighted by atomic mass is 9.82. The van der Waals surface area contributed by atoms with E-state index in [4.69, 9.17) is 11.1 Å². The minimum atomic E-state index is -0.0398. The Bertz CT molecular complexity index is 920. The maximum absolute atomic E-state index is 7.81. The largest absolute Gasteiger partial charge is 0.368 e. The van der Waals surface area contributed by atoms with Crippen molar-refractivity contribution < 1.29 is 0 Å². The Morgan fingerprint density at radius 1 is 1.00 bits per heavy atom. The Balaban J connectivity index is 2.03. The van der Waals surface area contributed by atoms with Gasteiger partial charge in [-0.2, -0.15) is 5.10 Å². The van der Waals surface area contributed by atoms with Crippen LogP contribution in [-0.4, -0.2) is 15.7 Å². The molecule has 0 amide bonds. The molecule has 3 N–H and O–H groups in total. The van der Waals surface area contributed by atoms with E-state index in [0.29, 0.717) is 0 Å². The predicted octanol–water partition coefficient (Wildman–Crippen LogP) is 3.52. The molecule has 2 aromatic carbocycles. The van der Waals surface area contributed by atoms with Gasteiger partial charge in [-0.15, -0.1) is 0 Å². The van der Waals surface area contributed by atoms with Crippen molar-refractivity contribution in [3.8, 4) is 0 Å². The number of hydrogen-bond acceptors (Lipinski definition) is 2. The molecule has 0 aliphatic heterocycles. The maximum Gasteiger partial charge on any atom is 0.213 e. The van der Waals surface area contributed by atoms with Gasteiger partial charge in [-0.3, -0.25) is 5.41 Å². The zero-order valence-corrected chi connectivity index (χ0v) is 14.6. The number of aryl methyl sites for hydroxylation is 3. The summed E-state index contributed by atoms with van der Waals surface area (Å²) in [5.74, 6) is 0.0880. The van der Waals surface area contributed by atoms with Gasteiger partial charge in [0.1, 0.15) is 0 Å². The Hall–Kier alpha value is -2.88. The molecule has 1 heterocycles. The molecular formula is C21H22N4. The fourth-order valence-electron chi connectivity index (χ4n) is 4.14. The van der Waals surface area contributed by atoms with Gasteiger partial charge in [0.15, 0.2) is 0 Å². The third kappa shape index (κ3) is 2.45. The molecular weight excluding hydrogens is 308 g/mol. The fourth-order valence-corrected chi connectivity index (χ4v) is 4.14. The molecule has 0 bridgehead atoms. The van der Waals surface area contributed by atoms with Gasteiger partial charge in [-0.05, 0) is 48.9 Å². The van der Waals surface area contributed by atoms with Crippen molar-refractivity contribution in [3.05, 3.63) is 87.7 Å². The molecule has 0 atom stereocenters. The number of nitrogens with two attached hydrogens (primary N) is 1. The van der Waals surface area contributed by atoms with Crippen molar-refractivity contribution in [1.29, 1.82) is 5.41 Å². The average molecular weight is 330 g/mol. The maximum atomic E-state index is 7.81. The monoisotopic (exact) mass is 330 g/mol. The van der Waals surface area contributed by atoms with Gasteiger partial charge >= 0.3 is 0 Å². The van der Waals surface area contributed by atoms with Gasteiger partial charge < -0.3 is 5.73 Å². The van der Waals surface area contributed by atoms with E-state index < -0.39 is 0 Å². The lowest BCUT2D eigenvalue weighted by Gasteiger charge is -2.21. The molecule has 0 fully saturated rings. The van der Waals surface area contributed by atoms with Gasteiger partial charge in [0.05, 0.1) is 5.69 Å². The molecule has 4 nitrogen and oxygen atoms in total. The van der Waals surface area contributed by atoms with Crippen LogP contribution in [0.2, 0.25) is 0 Å². The number of fused-ring (bicyclic) bond motifs is 2. The quantitative estimate of drug-likeness (QED) is 0.529. The fraction of sp³-hybridized carbons (Fsp3) is 0.238. The van der Waals surface area contributed by atoms with E-state index in [-0.39, 0.29) is 11.9 Å². The second-order valence-corrected chi connectivity index (χ2v) is 6.71. The number of rotatable bonds is 1. The molecule has 1 aliphatic carbocycles.